The van der Waals surface area contributed by atoms with Crippen LogP contribution in [0.15, 0.2) is 279 Å². The molecule has 11 rings (SSSR count). The molecule has 0 radical (unpaired) electrons. The third-order valence-corrected chi connectivity index (χ3v) is 12.5. The number of nitrogens with zero attached hydrogens (tertiary/aromatic N) is 2. The van der Waals surface area contributed by atoms with Crippen LogP contribution in [0.3, 0.4) is 0 Å². The van der Waals surface area contributed by atoms with E-state index in [4.69, 9.17) is 0 Å². The minimum absolute atomic E-state index is 1.04. The van der Waals surface area contributed by atoms with Gasteiger partial charge in [-0.2, -0.15) is 0 Å². The molecule has 66 heavy (non-hydrogen) atoms. The van der Waals surface area contributed by atoms with E-state index >= 15 is 0 Å². The number of hydrogen-bond acceptors (Lipinski definition) is 2. The molecule has 2 nitrogen and oxygen atoms in total. The normalized spacial score (nSPS) is 11.0. The fourth-order valence-electron chi connectivity index (χ4n) is 9.11. The van der Waals surface area contributed by atoms with Crippen molar-refractivity contribution in [2.24, 2.45) is 0 Å². The van der Waals surface area contributed by atoms with Gasteiger partial charge in [0.25, 0.3) is 0 Å². The first-order chi connectivity index (χ1) is 32.7. The molecular weight excluding hydrogens is 797 g/mol. The average Bonchev–Trinajstić information content (AvgIpc) is 3.40. The summed E-state index contributed by atoms with van der Waals surface area (Å²) in [6, 6.07) is 101. The van der Waals surface area contributed by atoms with E-state index in [2.05, 4.69) is 289 Å². The van der Waals surface area contributed by atoms with Gasteiger partial charge < -0.3 is 9.80 Å². The molecule has 0 unspecified atom stereocenters. The smallest absolute Gasteiger partial charge is 0.0488 e. The molecule has 0 saturated carbocycles. The Bertz CT molecular complexity index is 2990. The highest BCUT2D eigenvalue weighted by Crippen LogP contribution is 2.45. The highest BCUT2D eigenvalue weighted by atomic mass is 15.2. The molecule has 0 atom stereocenters. The first kappa shape index (κ1) is 40.1. The van der Waals surface area contributed by atoms with Gasteiger partial charge in [0.05, 0.1) is 0 Å². The molecule has 0 aromatic heterocycles. The zero-order valence-corrected chi connectivity index (χ0v) is 36.5. The van der Waals surface area contributed by atoms with Gasteiger partial charge in [-0.05, 0) is 133 Å². The van der Waals surface area contributed by atoms with Gasteiger partial charge in [0.2, 0.25) is 0 Å². The summed E-state index contributed by atoms with van der Waals surface area (Å²) in [6.45, 7) is 0. The van der Waals surface area contributed by atoms with Crippen molar-refractivity contribution in [2.75, 3.05) is 9.80 Å². The number of benzene rings is 11. The zero-order chi connectivity index (χ0) is 44.1. The van der Waals surface area contributed by atoms with E-state index in [1.54, 1.807) is 0 Å². The molecule has 2 heteroatoms. The van der Waals surface area contributed by atoms with Crippen LogP contribution in [0.1, 0.15) is 0 Å². The summed E-state index contributed by atoms with van der Waals surface area (Å²) in [5, 5.41) is 2.41. The Hall–Kier alpha value is -8.72. The van der Waals surface area contributed by atoms with E-state index in [9.17, 15) is 0 Å². The van der Waals surface area contributed by atoms with Crippen molar-refractivity contribution in [1.82, 2.24) is 0 Å². The predicted molar refractivity (Wildman–Crippen MR) is 280 cm³/mol. The maximum Gasteiger partial charge on any atom is 0.0488 e. The van der Waals surface area contributed by atoms with E-state index in [0.717, 1.165) is 39.7 Å². The standard InChI is InChI=1S/C64H46N2/c1-5-16-47(17-6-1)51-28-36-57(37-29-51)65(58-38-30-52(31-39-58)48-18-7-2-8-19-48)61-44-56(64-27-15-25-55-24-13-14-26-63(55)64)45-62(46-61)66(59-40-32-53(33-41-59)49-20-9-3-10-21-49)60-42-34-54(35-43-60)50-22-11-4-12-23-50/h1-46H. The van der Waals surface area contributed by atoms with Crippen LogP contribution in [0, 0.1) is 0 Å². The summed E-state index contributed by atoms with van der Waals surface area (Å²) in [7, 11) is 0. The van der Waals surface area contributed by atoms with Crippen LogP contribution >= 0.6 is 0 Å². The highest BCUT2D eigenvalue weighted by molar-refractivity contribution is 5.99. The summed E-state index contributed by atoms with van der Waals surface area (Å²) in [5.74, 6) is 0. The molecule has 312 valence electrons. The molecule has 11 aromatic rings. The summed E-state index contributed by atoms with van der Waals surface area (Å²) in [4.78, 5) is 4.80. The van der Waals surface area contributed by atoms with Crippen LogP contribution in [0.4, 0.5) is 34.1 Å². The average molecular weight is 843 g/mol. The van der Waals surface area contributed by atoms with Gasteiger partial charge in [-0.15, -0.1) is 0 Å². The van der Waals surface area contributed by atoms with Gasteiger partial charge in [-0.3, -0.25) is 0 Å². The van der Waals surface area contributed by atoms with E-state index in [1.165, 1.54) is 60.8 Å². The summed E-state index contributed by atoms with van der Waals surface area (Å²) < 4.78 is 0. The monoisotopic (exact) mass is 842 g/mol. The molecular formula is C64H46N2. The number of fused-ring (bicyclic) bond motifs is 1. The second kappa shape index (κ2) is 18.2. The number of rotatable bonds is 11. The third kappa shape index (κ3) is 8.28. The third-order valence-electron chi connectivity index (χ3n) is 12.5. The number of hydrogen-bond donors (Lipinski definition) is 0. The largest absolute Gasteiger partial charge is 0.310 e. The maximum absolute atomic E-state index is 2.40. The van der Waals surface area contributed by atoms with Crippen LogP contribution in [0.2, 0.25) is 0 Å². The first-order valence-electron chi connectivity index (χ1n) is 22.6. The van der Waals surface area contributed by atoms with Crippen molar-refractivity contribution in [3.63, 3.8) is 0 Å². The Labute approximate surface area is 387 Å². The molecule has 0 aliphatic rings. The van der Waals surface area contributed by atoms with Crippen molar-refractivity contribution in [3.8, 4) is 55.6 Å². The van der Waals surface area contributed by atoms with Crippen LogP contribution in [-0.2, 0) is 0 Å². The van der Waals surface area contributed by atoms with Gasteiger partial charge in [-0.25, -0.2) is 0 Å². The molecule has 11 aromatic carbocycles. The lowest BCUT2D eigenvalue weighted by molar-refractivity contribution is 1.25. The van der Waals surface area contributed by atoms with Crippen molar-refractivity contribution < 1.29 is 0 Å². The zero-order valence-electron chi connectivity index (χ0n) is 36.5. The van der Waals surface area contributed by atoms with Crippen LogP contribution in [0.5, 0.6) is 0 Å². The van der Waals surface area contributed by atoms with E-state index in [-0.39, 0.29) is 0 Å². The van der Waals surface area contributed by atoms with Crippen molar-refractivity contribution in [3.05, 3.63) is 279 Å². The highest BCUT2D eigenvalue weighted by Gasteiger charge is 2.21. The van der Waals surface area contributed by atoms with Crippen molar-refractivity contribution in [1.29, 1.82) is 0 Å². The van der Waals surface area contributed by atoms with Crippen LogP contribution in [-0.4, -0.2) is 0 Å². The molecule has 0 aliphatic carbocycles. The van der Waals surface area contributed by atoms with Crippen LogP contribution in [0.25, 0.3) is 66.4 Å². The molecule has 0 saturated heterocycles. The Balaban J connectivity index is 1.13. The fraction of sp³-hybridized carbons (Fsp3) is 0. The topological polar surface area (TPSA) is 6.48 Å². The predicted octanol–water partition coefficient (Wildman–Crippen LogP) is 18.1. The molecule has 0 aliphatic heterocycles. The quantitative estimate of drug-likeness (QED) is 0.128. The summed E-state index contributed by atoms with van der Waals surface area (Å²) >= 11 is 0. The maximum atomic E-state index is 2.40. The molecule has 0 spiro atoms. The van der Waals surface area contributed by atoms with Crippen molar-refractivity contribution >= 4 is 44.9 Å². The Kier molecular flexibility index (Phi) is 11.0. The van der Waals surface area contributed by atoms with Crippen molar-refractivity contribution in [2.45, 2.75) is 0 Å². The minimum atomic E-state index is 1.04. The Morgan fingerprint density at radius 2 is 0.470 bits per heavy atom. The van der Waals surface area contributed by atoms with Gasteiger partial charge in [0.1, 0.15) is 0 Å². The lowest BCUT2D eigenvalue weighted by Crippen LogP contribution is -2.14. The van der Waals surface area contributed by atoms with Crippen LogP contribution < -0.4 is 9.80 Å². The first-order valence-corrected chi connectivity index (χ1v) is 22.6. The van der Waals surface area contributed by atoms with Gasteiger partial charge in [0.15, 0.2) is 0 Å². The van der Waals surface area contributed by atoms with E-state index < -0.39 is 0 Å². The summed E-state index contributed by atoms with van der Waals surface area (Å²) in [5.41, 5.74) is 18.1. The summed E-state index contributed by atoms with van der Waals surface area (Å²) in [6.07, 6.45) is 0. The molecule has 0 bridgehead atoms. The minimum Gasteiger partial charge on any atom is -0.310 e. The Morgan fingerprint density at radius 1 is 0.182 bits per heavy atom. The second-order valence-corrected chi connectivity index (χ2v) is 16.6. The van der Waals surface area contributed by atoms with Gasteiger partial charge in [0, 0.05) is 34.1 Å². The van der Waals surface area contributed by atoms with E-state index in [1.807, 2.05) is 0 Å². The van der Waals surface area contributed by atoms with Gasteiger partial charge in [-0.1, -0.05) is 212 Å². The number of anilines is 6. The molecule has 0 fully saturated rings. The Morgan fingerprint density at radius 3 is 0.818 bits per heavy atom. The SMILES string of the molecule is c1ccc(-c2ccc(N(c3ccc(-c4ccccc4)cc3)c3cc(-c4cccc5ccccc45)cc(N(c4ccc(-c5ccccc5)cc4)c4ccc(-c5ccccc5)cc4)c3)cc2)cc1. The van der Waals surface area contributed by atoms with E-state index in [0.29, 0.717) is 0 Å². The molecule has 0 amide bonds. The molecule has 0 N–H and O–H groups in total. The second-order valence-electron chi connectivity index (χ2n) is 16.6. The van der Waals surface area contributed by atoms with Gasteiger partial charge >= 0.3 is 0 Å². The lowest BCUT2D eigenvalue weighted by atomic mass is 9.96. The fourth-order valence-corrected chi connectivity index (χ4v) is 9.11. The molecule has 0 heterocycles. The lowest BCUT2D eigenvalue weighted by Gasteiger charge is -2.31.